The molecule has 0 radical (unpaired) electrons. The van der Waals surface area contributed by atoms with Crippen LogP contribution >= 0.6 is 0 Å². The van der Waals surface area contributed by atoms with Crippen LogP contribution in [-0.2, 0) is 10.0 Å². The van der Waals surface area contributed by atoms with E-state index in [9.17, 15) is 13.2 Å². The van der Waals surface area contributed by atoms with Crippen molar-refractivity contribution in [3.05, 3.63) is 46.8 Å². The van der Waals surface area contributed by atoms with Crippen molar-refractivity contribution in [1.29, 1.82) is 0 Å². The number of nitrogens with zero attached hydrogens (tertiary/aromatic N) is 3. The molecule has 1 fully saturated rings. The number of aryl methyl sites for hydroxylation is 3. The van der Waals surface area contributed by atoms with Crippen LogP contribution in [0.1, 0.15) is 33.8 Å². The molecular formula is C18H23N3O4S. The molecule has 140 valence electrons. The lowest BCUT2D eigenvalue weighted by atomic mass is 10.1. The van der Waals surface area contributed by atoms with E-state index in [1.54, 1.807) is 24.8 Å². The second-order valence-corrected chi connectivity index (χ2v) is 8.45. The molecule has 7 nitrogen and oxygen atoms in total. The van der Waals surface area contributed by atoms with Gasteiger partial charge in [-0.3, -0.25) is 4.79 Å². The Hall–Kier alpha value is -2.19. The molecule has 1 aliphatic heterocycles. The third-order valence-electron chi connectivity index (χ3n) is 4.57. The Morgan fingerprint density at radius 1 is 1.12 bits per heavy atom. The molecule has 0 unspecified atom stereocenters. The fraction of sp³-hybridized carbons (Fsp3) is 0.444. The minimum Gasteiger partial charge on any atom is -0.360 e. The lowest BCUT2D eigenvalue weighted by Crippen LogP contribution is -2.37. The van der Waals surface area contributed by atoms with Gasteiger partial charge in [-0.05, 0) is 39.3 Å². The van der Waals surface area contributed by atoms with Gasteiger partial charge in [0.05, 0.1) is 0 Å². The summed E-state index contributed by atoms with van der Waals surface area (Å²) in [6, 6.07) is 7.44. The highest BCUT2D eigenvalue weighted by atomic mass is 32.2. The molecule has 1 aromatic heterocycles. The zero-order valence-corrected chi connectivity index (χ0v) is 16.0. The fourth-order valence-electron chi connectivity index (χ4n) is 3.27. The number of carbonyl (C=O) groups excluding carboxylic acids is 1. The van der Waals surface area contributed by atoms with E-state index in [0.29, 0.717) is 43.1 Å². The summed E-state index contributed by atoms with van der Waals surface area (Å²) in [6.45, 7) is 6.66. The molecule has 2 heterocycles. The highest BCUT2D eigenvalue weighted by Gasteiger charge is 2.33. The Balaban J connectivity index is 1.77. The predicted octanol–water partition coefficient (Wildman–Crippen LogP) is 2.14. The molecule has 1 aliphatic rings. The van der Waals surface area contributed by atoms with E-state index < -0.39 is 10.0 Å². The van der Waals surface area contributed by atoms with Gasteiger partial charge in [-0.1, -0.05) is 22.9 Å². The summed E-state index contributed by atoms with van der Waals surface area (Å²) in [5.41, 5.74) is 2.01. The largest absolute Gasteiger partial charge is 0.360 e. The van der Waals surface area contributed by atoms with Crippen molar-refractivity contribution in [1.82, 2.24) is 14.4 Å². The van der Waals surface area contributed by atoms with Crippen LogP contribution in [0.2, 0.25) is 0 Å². The monoisotopic (exact) mass is 377 g/mol. The van der Waals surface area contributed by atoms with Gasteiger partial charge < -0.3 is 9.42 Å². The molecule has 1 saturated heterocycles. The third-order valence-corrected chi connectivity index (χ3v) is 6.72. The Labute approximate surface area is 153 Å². The van der Waals surface area contributed by atoms with E-state index >= 15 is 0 Å². The van der Waals surface area contributed by atoms with Gasteiger partial charge in [0.2, 0.25) is 10.0 Å². The first-order valence-electron chi connectivity index (χ1n) is 8.59. The zero-order chi connectivity index (χ0) is 18.9. The van der Waals surface area contributed by atoms with Gasteiger partial charge in [0.15, 0.2) is 5.76 Å². The van der Waals surface area contributed by atoms with Crippen molar-refractivity contribution in [2.24, 2.45) is 0 Å². The van der Waals surface area contributed by atoms with Gasteiger partial charge in [0.25, 0.3) is 5.91 Å². The third kappa shape index (κ3) is 3.52. The number of sulfonamides is 1. The smallest absolute Gasteiger partial charge is 0.253 e. The lowest BCUT2D eigenvalue weighted by Gasteiger charge is -2.22. The summed E-state index contributed by atoms with van der Waals surface area (Å²) in [4.78, 5) is 14.6. The molecule has 0 N–H and O–H groups in total. The van der Waals surface area contributed by atoms with E-state index in [4.69, 9.17) is 4.52 Å². The van der Waals surface area contributed by atoms with Crippen LogP contribution in [0, 0.1) is 20.8 Å². The molecule has 26 heavy (non-hydrogen) atoms. The highest BCUT2D eigenvalue weighted by molar-refractivity contribution is 7.89. The molecule has 3 rings (SSSR count). The van der Waals surface area contributed by atoms with Crippen LogP contribution in [0.15, 0.2) is 33.7 Å². The summed E-state index contributed by atoms with van der Waals surface area (Å²) in [5.74, 6) is 0.227. The molecule has 0 aliphatic carbocycles. The Bertz CT molecular complexity index is 901. The van der Waals surface area contributed by atoms with Crippen LogP contribution in [0.3, 0.4) is 0 Å². The van der Waals surface area contributed by atoms with Crippen LogP contribution in [0.25, 0.3) is 0 Å². The molecule has 0 bridgehead atoms. The lowest BCUT2D eigenvalue weighted by molar-refractivity contribution is 0.0764. The minimum atomic E-state index is -3.68. The van der Waals surface area contributed by atoms with Gasteiger partial charge in [0.1, 0.15) is 10.6 Å². The van der Waals surface area contributed by atoms with E-state index in [0.717, 1.165) is 5.56 Å². The van der Waals surface area contributed by atoms with E-state index in [1.807, 2.05) is 25.1 Å². The second-order valence-electron chi connectivity index (χ2n) is 6.57. The van der Waals surface area contributed by atoms with Crippen LogP contribution in [-0.4, -0.2) is 54.9 Å². The van der Waals surface area contributed by atoms with Gasteiger partial charge in [-0.2, -0.15) is 4.31 Å². The van der Waals surface area contributed by atoms with Crippen LogP contribution in [0.5, 0.6) is 0 Å². The normalized spacial score (nSPS) is 16.5. The molecular weight excluding hydrogens is 354 g/mol. The molecule has 0 spiro atoms. The highest BCUT2D eigenvalue weighted by Crippen LogP contribution is 2.24. The predicted molar refractivity (Wildman–Crippen MR) is 96.4 cm³/mol. The Kier molecular flexibility index (Phi) is 5.15. The minimum absolute atomic E-state index is 0.0645. The number of carbonyl (C=O) groups is 1. The summed E-state index contributed by atoms with van der Waals surface area (Å²) < 4.78 is 32.3. The van der Waals surface area contributed by atoms with Crippen molar-refractivity contribution in [2.45, 2.75) is 32.1 Å². The number of aromatic nitrogens is 1. The average molecular weight is 377 g/mol. The van der Waals surface area contributed by atoms with E-state index in [1.165, 1.54) is 4.31 Å². The summed E-state index contributed by atoms with van der Waals surface area (Å²) in [5, 5.41) is 3.75. The van der Waals surface area contributed by atoms with E-state index in [2.05, 4.69) is 5.16 Å². The molecule has 8 heteroatoms. The standard InChI is InChI=1S/C18H23N3O4S/c1-13-6-4-7-16(12-13)18(22)20-8-5-9-21(11-10-20)26(23,24)17-14(2)19-25-15(17)3/h4,6-7,12H,5,8-11H2,1-3H3. The van der Waals surface area contributed by atoms with E-state index in [-0.39, 0.29) is 17.3 Å². The summed E-state index contributed by atoms with van der Waals surface area (Å²) in [7, 11) is -3.68. The quantitative estimate of drug-likeness (QED) is 0.818. The van der Waals surface area contributed by atoms with Crippen LogP contribution in [0.4, 0.5) is 0 Å². The SMILES string of the molecule is Cc1cccc(C(=O)N2CCCN(S(=O)(=O)c3c(C)noc3C)CC2)c1. The second kappa shape index (κ2) is 7.20. The first-order valence-corrected chi connectivity index (χ1v) is 10.0. The molecule has 1 aromatic carbocycles. The molecule has 0 atom stereocenters. The number of rotatable bonds is 3. The fourth-order valence-corrected chi connectivity index (χ4v) is 5.03. The van der Waals surface area contributed by atoms with Gasteiger partial charge in [0, 0.05) is 31.7 Å². The summed E-state index contributed by atoms with van der Waals surface area (Å²) in [6.07, 6.45) is 0.583. The van der Waals surface area contributed by atoms with Crippen molar-refractivity contribution < 1.29 is 17.7 Å². The molecule has 1 amide bonds. The van der Waals surface area contributed by atoms with Crippen molar-refractivity contribution in [3.8, 4) is 0 Å². The zero-order valence-electron chi connectivity index (χ0n) is 15.2. The van der Waals surface area contributed by atoms with Crippen molar-refractivity contribution >= 4 is 15.9 Å². The van der Waals surface area contributed by atoms with Crippen LogP contribution < -0.4 is 0 Å². The number of amides is 1. The van der Waals surface area contributed by atoms with Gasteiger partial charge in [-0.15, -0.1) is 0 Å². The maximum absolute atomic E-state index is 13.0. The Morgan fingerprint density at radius 2 is 1.88 bits per heavy atom. The first-order chi connectivity index (χ1) is 12.3. The maximum atomic E-state index is 13.0. The van der Waals surface area contributed by atoms with Gasteiger partial charge >= 0.3 is 0 Å². The number of hydrogen-bond donors (Lipinski definition) is 0. The van der Waals surface area contributed by atoms with Crippen molar-refractivity contribution in [3.63, 3.8) is 0 Å². The number of hydrogen-bond acceptors (Lipinski definition) is 5. The molecule has 0 saturated carbocycles. The Morgan fingerprint density at radius 3 is 2.54 bits per heavy atom. The summed E-state index contributed by atoms with van der Waals surface area (Å²) >= 11 is 0. The average Bonchev–Trinajstić information content (AvgIpc) is 2.81. The first kappa shape index (κ1) is 18.6. The molecule has 2 aromatic rings. The van der Waals surface area contributed by atoms with Gasteiger partial charge in [-0.25, -0.2) is 8.42 Å². The topological polar surface area (TPSA) is 83.7 Å². The van der Waals surface area contributed by atoms with Crippen molar-refractivity contribution in [2.75, 3.05) is 26.2 Å². The number of benzene rings is 1. The maximum Gasteiger partial charge on any atom is 0.253 e.